The Morgan fingerprint density at radius 2 is 2.18 bits per heavy atom. The summed E-state index contributed by atoms with van der Waals surface area (Å²) in [4.78, 5) is 32.4. The van der Waals surface area contributed by atoms with Crippen LogP contribution in [0.2, 0.25) is 0 Å². The monoisotopic (exact) mass is 394 g/mol. The predicted molar refractivity (Wildman–Crippen MR) is 108 cm³/mol. The van der Waals surface area contributed by atoms with E-state index in [1.807, 2.05) is 29.6 Å². The summed E-state index contributed by atoms with van der Waals surface area (Å²) >= 11 is 1.40. The second kappa shape index (κ2) is 8.17. The Hall–Kier alpha value is -3.28. The van der Waals surface area contributed by atoms with Gasteiger partial charge in [0, 0.05) is 24.7 Å². The number of likely N-dealkylation sites (tertiary alicyclic amines) is 1. The topological polar surface area (TPSA) is 109 Å². The van der Waals surface area contributed by atoms with E-state index in [0.29, 0.717) is 29.0 Å². The first-order valence-corrected chi connectivity index (χ1v) is 9.34. The summed E-state index contributed by atoms with van der Waals surface area (Å²) in [6.07, 6.45) is 5.26. The van der Waals surface area contributed by atoms with Crippen LogP contribution in [0.3, 0.4) is 0 Å². The van der Waals surface area contributed by atoms with Gasteiger partial charge in [-0.1, -0.05) is 18.1 Å². The largest absolute Gasteiger partial charge is 0.383 e. The van der Waals surface area contributed by atoms with Crippen LogP contribution in [-0.2, 0) is 4.79 Å². The van der Waals surface area contributed by atoms with Gasteiger partial charge in [0.05, 0.1) is 10.2 Å². The minimum atomic E-state index is -0.722. The fourth-order valence-corrected chi connectivity index (χ4v) is 3.54. The van der Waals surface area contributed by atoms with E-state index < -0.39 is 12.0 Å². The average molecular weight is 394 g/mol. The molecule has 3 aromatic rings. The van der Waals surface area contributed by atoms with Gasteiger partial charge in [0.15, 0.2) is 5.82 Å². The fourth-order valence-electron chi connectivity index (χ4n) is 2.71. The highest BCUT2D eigenvalue weighted by Gasteiger charge is 2.26. The van der Waals surface area contributed by atoms with Gasteiger partial charge in [0.25, 0.3) is 11.8 Å². The van der Waals surface area contributed by atoms with Gasteiger partial charge in [-0.2, -0.15) is 0 Å². The van der Waals surface area contributed by atoms with E-state index in [0.717, 1.165) is 11.1 Å². The number of likely N-dealkylation sites (N-methyl/N-ethyl adjacent to an activating group) is 1. The molecule has 2 amide bonds. The van der Waals surface area contributed by atoms with Crippen LogP contribution in [0.25, 0.3) is 21.6 Å². The molecule has 1 fully saturated rings. The van der Waals surface area contributed by atoms with Crippen LogP contribution >= 0.6 is 11.3 Å². The number of carbonyl (C=O) groups excluding carboxylic acids is 2. The third-order valence-corrected chi connectivity index (χ3v) is 5.13. The number of amides is 2. The molecule has 1 aliphatic heterocycles. The van der Waals surface area contributed by atoms with E-state index in [4.69, 9.17) is 17.3 Å². The van der Waals surface area contributed by atoms with Crippen molar-refractivity contribution >= 4 is 33.4 Å². The molecule has 1 aromatic carbocycles. The van der Waals surface area contributed by atoms with Crippen molar-refractivity contribution in [2.75, 3.05) is 13.6 Å². The Labute approximate surface area is 165 Å². The number of nitrogens with zero attached hydrogens (tertiary/aromatic N) is 3. The molecule has 2 aromatic heterocycles. The van der Waals surface area contributed by atoms with Crippen molar-refractivity contribution in [1.82, 2.24) is 14.9 Å². The van der Waals surface area contributed by atoms with Gasteiger partial charge >= 0.3 is 0 Å². The molecule has 3 N–H and O–H groups in total. The molecule has 0 aliphatic carbocycles. The standard InChI is InChI=1S/C15H9N3OS.C5H9NO2/c1-2-9-4-3-5-10(8-9)15-17-11-6-7-20-13(11)12(18-15)14(16)19;1-6-3-2-4(7)5(6)8/h1,3-8H,(H2,16,19);4,7H,2-3H2,1H3. The first-order valence-electron chi connectivity index (χ1n) is 8.46. The molecular formula is C20H18N4O3S. The van der Waals surface area contributed by atoms with Gasteiger partial charge in [-0.3, -0.25) is 9.59 Å². The van der Waals surface area contributed by atoms with Crippen molar-refractivity contribution < 1.29 is 14.7 Å². The quantitative estimate of drug-likeness (QED) is 0.642. The summed E-state index contributed by atoms with van der Waals surface area (Å²) < 4.78 is 0.703. The maximum atomic E-state index is 11.5. The number of benzene rings is 1. The first-order chi connectivity index (χ1) is 13.4. The molecule has 1 atom stereocenters. The number of terminal acetylenes is 1. The van der Waals surface area contributed by atoms with Gasteiger partial charge < -0.3 is 15.7 Å². The molecular weight excluding hydrogens is 376 g/mol. The normalized spacial score (nSPS) is 15.8. The SMILES string of the molecule is C#Cc1cccc(-c2nc(C(N)=O)c3sccc3n2)c1.CN1CCC(O)C1=O. The molecule has 0 spiro atoms. The Balaban J connectivity index is 0.000000236. The number of aromatic nitrogens is 2. The number of fused-ring (bicyclic) bond motifs is 1. The highest BCUT2D eigenvalue weighted by molar-refractivity contribution is 7.17. The van der Waals surface area contributed by atoms with Crippen LogP contribution in [0.1, 0.15) is 22.5 Å². The summed E-state index contributed by atoms with van der Waals surface area (Å²) in [5.74, 6) is 2.30. The summed E-state index contributed by atoms with van der Waals surface area (Å²) in [5.41, 5.74) is 7.83. The molecule has 8 heteroatoms. The molecule has 1 unspecified atom stereocenters. The van der Waals surface area contributed by atoms with E-state index in [1.54, 1.807) is 13.1 Å². The van der Waals surface area contributed by atoms with Crippen LogP contribution in [0.5, 0.6) is 0 Å². The van der Waals surface area contributed by atoms with Crippen LogP contribution in [0.15, 0.2) is 35.7 Å². The van der Waals surface area contributed by atoms with Crippen LogP contribution in [-0.4, -0.2) is 51.5 Å². The number of hydrogen-bond donors (Lipinski definition) is 2. The lowest BCUT2D eigenvalue weighted by Crippen LogP contribution is -2.24. The zero-order valence-electron chi connectivity index (χ0n) is 15.1. The van der Waals surface area contributed by atoms with Crippen molar-refractivity contribution in [3.8, 4) is 23.7 Å². The molecule has 0 bridgehead atoms. The molecule has 4 rings (SSSR count). The molecule has 28 heavy (non-hydrogen) atoms. The number of rotatable bonds is 2. The Morgan fingerprint density at radius 1 is 1.39 bits per heavy atom. The molecule has 1 saturated heterocycles. The van der Waals surface area contributed by atoms with Crippen LogP contribution in [0, 0.1) is 12.3 Å². The lowest BCUT2D eigenvalue weighted by atomic mass is 10.1. The van der Waals surface area contributed by atoms with E-state index >= 15 is 0 Å². The van der Waals surface area contributed by atoms with Crippen molar-refractivity contribution in [2.24, 2.45) is 5.73 Å². The number of nitrogens with two attached hydrogens (primary N) is 1. The van der Waals surface area contributed by atoms with Crippen molar-refractivity contribution in [3.05, 3.63) is 47.0 Å². The Bertz CT molecular complexity index is 1070. The first kappa shape index (κ1) is 19.5. The number of thiophene rings is 1. The van der Waals surface area contributed by atoms with E-state index in [1.165, 1.54) is 16.2 Å². The molecule has 142 valence electrons. The minimum absolute atomic E-state index is 0.148. The lowest BCUT2D eigenvalue weighted by molar-refractivity contribution is -0.133. The fraction of sp³-hybridized carbons (Fsp3) is 0.200. The molecule has 1 aliphatic rings. The third-order valence-electron chi connectivity index (χ3n) is 4.22. The second-order valence-electron chi connectivity index (χ2n) is 6.18. The zero-order chi connectivity index (χ0) is 20.3. The second-order valence-corrected chi connectivity index (χ2v) is 7.10. The van der Waals surface area contributed by atoms with Gasteiger partial charge in [-0.15, -0.1) is 17.8 Å². The van der Waals surface area contributed by atoms with Gasteiger partial charge in [0.2, 0.25) is 0 Å². The maximum Gasteiger partial charge on any atom is 0.268 e. The molecule has 0 radical (unpaired) electrons. The minimum Gasteiger partial charge on any atom is -0.383 e. The van der Waals surface area contributed by atoms with Gasteiger partial charge in [-0.05, 0) is 30.0 Å². The van der Waals surface area contributed by atoms with Crippen molar-refractivity contribution in [1.29, 1.82) is 0 Å². The highest BCUT2D eigenvalue weighted by atomic mass is 32.1. The van der Waals surface area contributed by atoms with Crippen LogP contribution in [0.4, 0.5) is 0 Å². The average Bonchev–Trinajstić information content (AvgIpc) is 3.29. The predicted octanol–water partition coefficient (Wildman–Crippen LogP) is 1.65. The summed E-state index contributed by atoms with van der Waals surface area (Å²) in [5, 5.41) is 10.6. The lowest BCUT2D eigenvalue weighted by Gasteiger charge is -2.04. The van der Waals surface area contributed by atoms with Crippen molar-refractivity contribution in [2.45, 2.75) is 12.5 Å². The molecule has 3 heterocycles. The summed E-state index contributed by atoms with van der Waals surface area (Å²) in [6.45, 7) is 0.694. The summed E-state index contributed by atoms with van der Waals surface area (Å²) in [6, 6.07) is 9.14. The number of primary amides is 1. The third kappa shape index (κ3) is 4.01. The number of hydrogen-bond acceptors (Lipinski definition) is 6. The van der Waals surface area contributed by atoms with E-state index in [-0.39, 0.29) is 11.6 Å². The molecule has 7 nitrogen and oxygen atoms in total. The van der Waals surface area contributed by atoms with Gasteiger partial charge in [0.1, 0.15) is 11.8 Å². The molecule has 0 saturated carbocycles. The number of carbonyl (C=O) groups is 2. The summed E-state index contributed by atoms with van der Waals surface area (Å²) in [7, 11) is 1.69. The van der Waals surface area contributed by atoms with Crippen LogP contribution < -0.4 is 5.73 Å². The van der Waals surface area contributed by atoms with Gasteiger partial charge in [-0.25, -0.2) is 9.97 Å². The smallest absolute Gasteiger partial charge is 0.268 e. The Kier molecular flexibility index (Phi) is 5.68. The highest BCUT2D eigenvalue weighted by Crippen LogP contribution is 2.25. The maximum absolute atomic E-state index is 11.5. The Morgan fingerprint density at radius 3 is 2.75 bits per heavy atom. The number of aliphatic hydroxyl groups is 1. The number of aliphatic hydroxyl groups excluding tert-OH is 1. The zero-order valence-corrected chi connectivity index (χ0v) is 15.9. The van der Waals surface area contributed by atoms with E-state index in [2.05, 4.69) is 15.9 Å². The van der Waals surface area contributed by atoms with E-state index in [9.17, 15) is 9.59 Å². The van der Waals surface area contributed by atoms with Crippen molar-refractivity contribution in [3.63, 3.8) is 0 Å².